The molecule has 154 valence electrons. The fourth-order valence-electron chi connectivity index (χ4n) is 4.16. The highest BCUT2D eigenvalue weighted by Gasteiger charge is 2.38. The Morgan fingerprint density at radius 2 is 1.97 bits per heavy atom. The van der Waals surface area contributed by atoms with Crippen molar-refractivity contribution < 1.29 is 9.59 Å². The summed E-state index contributed by atoms with van der Waals surface area (Å²) in [4.78, 5) is 29.7. The van der Waals surface area contributed by atoms with Crippen molar-refractivity contribution in [2.45, 2.75) is 58.3 Å². The normalized spacial score (nSPS) is 18.5. The van der Waals surface area contributed by atoms with Crippen molar-refractivity contribution in [1.29, 1.82) is 0 Å². The second-order valence-corrected chi connectivity index (χ2v) is 8.49. The van der Waals surface area contributed by atoms with Crippen molar-refractivity contribution in [3.8, 4) is 0 Å². The van der Waals surface area contributed by atoms with Crippen LogP contribution in [0, 0.1) is 6.92 Å². The van der Waals surface area contributed by atoms with Crippen molar-refractivity contribution in [3.05, 3.63) is 59.4 Å². The number of aryl methyl sites for hydroxylation is 1. The maximum Gasteiger partial charge on any atom is 0.318 e. The minimum absolute atomic E-state index is 0.00904. The van der Waals surface area contributed by atoms with E-state index in [1.54, 1.807) is 4.90 Å². The van der Waals surface area contributed by atoms with Crippen LogP contribution in [0.1, 0.15) is 49.6 Å². The number of fused-ring (bicyclic) bond motifs is 1. The van der Waals surface area contributed by atoms with E-state index in [1.165, 1.54) is 5.56 Å². The van der Waals surface area contributed by atoms with Crippen LogP contribution in [-0.2, 0) is 11.3 Å². The van der Waals surface area contributed by atoms with Gasteiger partial charge in [-0.05, 0) is 51.3 Å². The first kappa shape index (κ1) is 19.6. The first-order valence-corrected chi connectivity index (χ1v) is 10.5. The summed E-state index contributed by atoms with van der Waals surface area (Å²) in [5, 5.41) is 2.95. The summed E-state index contributed by atoms with van der Waals surface area (Å²) >= 11 is 0. The molecular formula is C23H30N4O2. The second-order valence-electron chi connectivity index (χ2n) is 8.49. The third-order valence-electron chi connectivity index (χ3n) is 5.68. The molecular weight excluding hydrogens is 364 g/mol. The first-order chi connectivity index (χ1) is 13.9. The number of carbonyl (C=O) groups excluding carboxylic acids is 2. The first-order valence-electron chi connectivity index (χ1n) is 10.5. The Labute approximate surface area is 172 Å². The molecule has 1 saturated carbocycles. The molecule has 29 heavy (non-hydrogen) atoms. The van der Waals surface area contributed by atoms with Gasteiger partial charge < -0.3 is 19.7 Å². The number of benzene rings is 1. The zero-order valence-electron chi connectivity index (χ0n) is 17.5. The molecule has 2 aromatic rings. The number of rotatable bonds is 5. The Kier molecular flexibility index (Phi) is 5.35. The van der Waals surface area contributed by atoms with Gasteiger partial charge in [-0.3, -0.25) is 4.79 Å². The standard InChI is InChI=1S/C23H30N4O2/c1-16(2)24-23(29)27(19-9-10-19)15-21(28)26-13-12-25-11-5-8-20(25)22(26)18-7-4-6-17(3)14-18/h4-8,11,14,16,19,22H,9-10,12-13,15H2,1-3H3,(H,24,29)/t22-/m0/s1. The maximum absolute atomic E-state index is 13.4. The van der Waals surface area contributed by atoms with Crippen molar-refractivity contribution in [2.75, 3.05) is 13.1 Å². The fourth-order valence-corrected chi connectivity index (χ4v) is 4.16. The summed E-state index contributed by atoms with van der Waals surface area (Å²) < 4.78 is 2.22. The van der Waals surface area contributed by atoms with E-state index in [2.05, 4.69) is 47.3 Å². The lowest BCUT2D eigenvalue weighted by molar-refractivity contribution is -0.134. The molecule has 1 aliphatic carbocycles. The number of amides is 3. The molecule has 6 heteroatoms. The zero-order valence-corrected chi connectivity index (χ0v) is 17.5. The topological polar surface area (TPSA) is 57.6 Å². The van der Waals surface area contributed by atoms with E-state index in [0.717, 1.165) is 30.6 Å². The van der Waals surface area contributed by atoms with E-state index in [4.69, 9.17) is 0 Å². The van der Waals surface area contributed by atoms with Crippen LogP contribution in [0.3, 0.4) is 0 Å². The largest absolute Gasteiger partial charge is 0.348 e. The van der Waals surface area contributed by atoms with Crippen LogP contribution in [0.2, 0.25) is 0 Å². The Morgan fingerprint density at radius 3 is 2.66 bits per heavy atom. The van der Waals surface area contributed by atoms with E-state index in [9.17, 15) is 9.59 Å². The quantitative estimate of drug-likeness (QED) is 0.846. The molecule has 0 unspecified atom stereocenters. The van der Waals surface area contributed by atoms with Gasteiger partial charge >= 0.3 is 6.03 Å². The highest BCUT2D eigenvalue weighted by Crippen LogP contribution is 2.34. The van der Waals surface area contributed by atoms with Crippen LogP contribution in [0.25, 0.3) is 0 Å². The van der Waals surface area contributed by atoms with Gasteiger partial charge in [0.2, 0.25) is 5.91 Å². The molecule has 6 nitrogen and oxygen atoms in total. The maximum atomic E-state index is 13.4. The molecule has 4 rings (SSSR count). The SMILES string of the molecule is Cc1cccc([C@H]2c3cccn3CCN2C(=O)CN(C(=O)NC(C)C)C2CC2)c1. The monoisotopic (exact) mass is 394 g/mol. The predicted octanol–water partition coefficient (Wildman–Crippen LogP) is 3.31. The lowest BCUT2D eigenvalue weighted by Gasteiger charge is -2.38. The Balaban J connectivity index is 1.60. The van der Waals surface area contributed by atoms with Crippen LogP contribution in [0.5, 0.6) is 0 Å². The second kappa shape index (κ2) is 7.93. The van der Waals surface area contributed by atoms with Gasteiger partial charge in [0.25, 0.3) is 0 Å². The van der Waals surface area contributed by atoms with Crippen LogP contribution in [-0.4, -0.2) is 51.5 Å². The summed E-state index contributed by atoms with van der Waals surface area (Å²) in [6, 6.07) is 12.5. The molecule has 0 radical (unpaired) electrons. The van der Waals surface area contributed by atoms with Gasteiger partial charge in [-0.15, -0.1) is 0 Å². The molecule has 1 N–H and O–H groups in total. The van der Waals surface area contributed by atoms with Crippen LogP contribution < -0.4 is 5.32 Å². The molecule has 1 aromatic carbocycles. The number of hydrogen-bond acceptors (Lipinski definition) is 2. The molecule has 1 atom stereocenters. The Bertz CT molecular complexity index is 900. The van der Waals surface area contributed by atoms with Crippen LogP contribution in [0.4, 0.5) is 4.79 Å². The summed E-state index contributed by atoms with van der Waals surface area (Å²) in [5.74, 6) is 0.00904. The molecule has 1 aromatic heterocycles. The number of hydrogen-bond donors (Lipinski definition) is 1. The molecule has 1 aliphatic heterocycles. The number of aromatic nitrogens is 1. The van der Waals surface area contributed by atoms with Gasteiger partial charge in [-0.25, -0.2) is 4.79 Å². The number of urea groups is 1. The lowest BCUT2D eigenvalue weighted by atomic mass is 9.98. The lowest BCUT2D eigenvalue weighted by Crippen LogP contribution is -2.51. The molecule has 3 amide bonds. The highest BCUT2D eigenvalue weighted by molar-refractivity contribution is 5.85. The summed E-state index contributed by atoms with van der Waals surface area (Å²) in [6.07, 6.45) is 4.03. The third kappa shape index (κ3) is 4.16. The average molecular weight is 395 g/mol. The van der Waals surface area contributed by atoms with Crippen molar-refractivity contribution in [1.82, 2.24) is 19.7 Å². The van der Waals surface area contributed by atoms with E-state index in [-0.39, 0.29) is 36.6 Å². The van der Waals surface area contributed by atoms with Gasteiger partial charge in [0, 0.05) is 37.1 Å². The van der Waals surface area contributed by atoms with Gasteiger partial charge in [-0.1, -0.05) is 29.8 Å². The molecule has 0 saturated heterocycles. The fraction of sp³-hybridized carbons (Fsp3) is 0.478. The minimum atomic E-state index is -0.136. The average Bonchev–Trinajstić information content (AvgIpc) is 3.40. The smallest absolute Gasteiger partial charge is 0.318 e. The van der Waals surface area contributed by atoms with Crippen molar-refractivity contribution >= 4 is 11.9 Å². The predicted molar refractivity (Wildman–Crippen MR) is 113 cm³/mol. The molecule has 2 heterocycles. The number of carbonyl (C=O) groups is 2. The summed E-state index contributed by atoms with van der Waals surface area (Å²) in [6.45, 7) is 7.50. The summed E-state index contributed by atoms with van der Waals surface area (Å²) in [5.41, 5.74) is 3.41. The number of nitrogens with zero attached hydrogens (tertiary/aromatic N) is 3. The van der Waals surface area contributed by atoms with Crippen LogP contribution >= 0.6 is 0 Å². The van der Waals surface area contributed by atoms with E-state index < -0.39 is 0 Å². The van der Waals surface area contributed by atoms with E-state index >= 15 is 0 Å². The number of nitrogens with one attached hydrogen (secondary N) is 1. The third-order valence-corrected chi connectivity index (χ3v) is 5.68. The minimum Gasteiger partial charge on any atom is -0.348 e. The van der Waals surface area contributed by atoms with Gasteiger partial charge in [0.15, 0.2) is 0 Å². The van der Waals surface area contributed by atoms with Gasteiger partial charge in [0.05, 0.1) is 6.04 Å². The molecule has 0 bridgehead atoms. The van der Waals surface area contributed by atoms with E-state index in [1.807, 2.05) is 30.9 Å². The molecule has 2 aliphatic rings. The zero-order chi connectivity index (χ0) is 20.5. The van der Waals surface area contributed by atoms with Crippen molar-refractivity contribution in [2.24, 2.45) is 0 Å². The summed E-state index contributed by atoms with van der Waals surface area (Å²) in [7, 11) is 0. The van der Waals surface area contributed by atoms with Crippen molar-refractivity contribution in [3.63, 3.8) is 0 Å². The van der Waals surface area contributed by atoms with Crippen LogP contribution in [0.15, 0.2) is 42.6 Å². The highest BCUT2D eigenvalue weighted by atomic mass is 16.2. The molecule has 0 spiro atoms. The van der Waals surface area contributed by atoms with E-state index in [0.29, 0.717) is 6.54 Å². The van der Waals surface area contributed by atoms with Gasteiger partial charge in [0.1, 0.15) is 6.54 Å². The Morgan fingerprint density at radius 1 is 1.17 bits per heavy atom. The van der Waals surface area contributed by atoms with Gasteiger partial charge in [-0.2, -0.15) is 0 Å². The molecule has 1 fully saturated rings. The Hall–Kier alpha value is -2.76.